The molecule has 0 unspecified atom stereocenters. The molecular weight excluding hydrogens is 441 g/mol. The number of nitrogens with zero attached hydrogens (tertiary/aromatic N) is 5. The number of amides is 1. The minimum atomic E-state index is -0.500. The first kappa shape index (κ1) is 21.7. The second-order valence-electron chi connectivity index (χ2n) is 8.28. The van der Waals surface area contributed by atoms with E-state index in [1.54, 1.807) is 4.90 Å². The van der Waals surface area contributed by atoms with Crippen LogP contribution in [0.2, 0.25) is 0 Å². The van der Waals surface area contributed by atoms with E-state index in [9.17, 15) is 19.3 Å². The lowest BCUT2D eigenvalue weighted by Crippen LogP contribution is -2.37. The van der Waals surface area contributed by atoms with Gasteiger partial charge in [-0.2, -0.15) is 4.98 Å². The third kappa shape index (κ3) is 4.39. The Labute approximate surface area is 195 Å². The van der Waals surface area contributed by atoms with Crippen molar-refractivity contribution in [2.24, 2.45) is 0 Å². The highest BCUT2D eigenvalue weighted by molar-refractivity contribution is 5.94. The number of hydrogen-bond donors (Lipinski definition) is 0. The standard InChI is InChI=1S/C24H22FN5O4/c25-17-5-9-19(10-6-17)34-22-20-15-29(23(31)16-3-7-18(8-4-16)30(32)33)14-11-21(20)26-24(27-22)28-12-1-2-13-28/h3-10H,1-2,11-15H2. The predicted octanol–water partition coefficient (Wildman–Crippen LogP) is 4.11. The number of carbonyl (C=O) groups is 1. The predicted molar refractivity (Wildman–Crippen MR) is 121 cm³/mol. The van der Waals surface area contributed by atoms with Crippen molar-refractivity contribution in [2.45, 2.75) is 25.8 Å². The van der Waals surface area contributed by atoms with E-state index < -0.39 is 4.92 Å². The number of carbonyl (C=O) groups excluding carboxylic acids is 1. The highest BCUT2D eigenvalue weighted by atomic mass is 19.1. The number of nitro groups is 1. The third-order valence-corrected chi connectivity index (χ3v) is 6.04. The monoisotopic (exact) mass is 463 g/mol. The fourth-order valence-electron chi connectivity index (χ4n) is 4.21. The Balaban J connectivity index is 1.45. The molecule has 2 aliphatic rings. The average molecular weight is 463 g/mol. The van der Waals surface area contributed by atoms with Gasteiger partial charge in [-0.15, -0.1) is 0 Å². The Morgan fingerprint density at radius 3 is 2.38 bits per heavy atom. The summed E-state index contributed by atoms with van der Waals surface area (Å²) in [4.78, 5) is 36.7. The number of aromatic nitrogens is 2. The zero-order valence-corrected chi connectivity index (χ0v) is 18.3. The molecule has 1 aromatic heterocycles. The van der Waals surface area contributed by atoms with Crippen LogP contribution in [0.25, 0.3) is 0 Å². The average Bonchev–Trinajstić information content (AvgIpc) is 3.40. The Kier molecular flexibility index (Phi) is 5.79. The summed E-state index contributed by atoms with van der Waals surface area (Å²) < 4.78 is 19.4. The Morgan fingerprint density at radius 1 is 1.00 bits per heavy atom. The number of rotatable bonds is 5. The minimum Gasteiger partial charge on any atom is -0.438 e. The second-order valence-corrected chi connectivity index (χ2v) is 8.28. The van der Waals surface area contributed by atoms with E-state index in [-0.39, 0.29) is 24.0 Å². The molecule has 9 nitrogen and oxygen atoms in total. The largest absolute Gasteiger partial charge is 0.438 e. The molecule has 0 atom stereocenters. The van der Waals surface area contributed by atoms with Gasteiger partial charge in [-0.3, -0.25) is 14.9 Å². The topological polar surface area (TPSA) is 102 Å². The summed E-state index contributed by atoms with van der Waals surface area (Å²) in [5.41, 5.74) is 1.82. The van der Waals surface area contributed by atoms with E-state index in [1.165, 1.54) is 48.5 Å². The van der Waals surface area contributed by atoms with Gasteiger partial charge in [0.1, 0.15) is 11.6 Å². The molecule has 0 N–H and O–H groups in total. The maximum atomic E-state index is 13.4. The number of ether oxygens (including phenoxy) is 1. The molecular formula is C24H22FN5O4. The molecule has 2 aromatic carbocycles. The molecule has 10 heteroatoms. The van der Waals surface area contributed by atoms with Crippen LogP contribution in [0.15, 0.2) is 48.5 Å². The summed E-state index contributed by atoms with van der Waals surface area (Å²) in [6.07, 6.45) is 2.68. The third-order valence-electron chi connectivity index (χ3n) is 6.04. The number of anilines is 1. The van der Waals surface area contributed by atoms with Crippen molar-refractivity contribution in [1.29, 1.82) is 0 Å². The van der Waals surface area contributed by atoms with Crippen LogP contribution in [0, 0.1) is 15.9 Å². The number of fused-ring (bicyclic) bond motifs is 1. The smallest absolute Gasteiger partial charge is 0.269 e. The van der Waals surface area contributed by atoms with Crippen LogP contribution in [0.4, 0.5) is 16.0 Å². The lowest BCUT2D eigenvalue weighted by Gasteiger charge is -2.30. The van der Waals surface area contributed by atoms with Gasteiger partial charge in [0.2, 0.25) is 11.8 Å². The lowest BCUT2D eigenvalue weighted by molar-refractivity contribution is -0.384. The minimum absolute atomic E-state index is 0.0710. The molecule has 2 aliphatic heterocycles. The molecule has 3 heterocycles. The van der Waals surface area contributed by atoms with Crippen LogP contribution in [-0.4, -0.2) is 45.3 Å². The van der Waals surface area contributed by atoms with Crippen LogP contribution < -0.4 is 9.64 Å². The van der Waals surface area contributed by atoms with Crippen LogP contribution in [0.5, 0.6) is 11.6 Å². The summed E-state index contributed by atoms with van der Waals surface area (Å²) in [6.45, 7) is 2.44. The highest BCUT2D eigenvalue weighted by Crippen LogP contribution is 2.32. The molecule has 34 heavy (non-hydrogen) atoms. The van der Waals surface area contributed by atoms with Crippen molar-refractivity contribution in [3.63, 3.8) is 0 Å². The van der Waals surface area contributed by atoms with Gasteiger partial charge < -0.3 is 14.5 Å². The van der Waals surface area contributed by atoms with E-state index in [4.69, 9.17) is 9.72 Å². The number of benzene rings is 2. The quantitative estimate of drug-likeness (QED) is 0.414. The van der Waals surface area contributed by atoms with Gasteiger partial charge >= 0.3 is 0 Å². The van der Waals surface area contributed by atoms with E-state index in [0.717, 1.165) is 31.6 Å². The van der Waals surface area contributed by atoms with Crippen molar-refractivity contribution >= 4 is 17.5 Å². The summed E-state index contributed by atoms with van der Waals surface area (Å²) in [7, 11) is 0. The van der Waals surface area contributed by atoms with Gasteiger partial charge in [0, 0.05) is 43.8 Å². The first-order chi connectivity index (χ1) is 16.5. The van der Waals surface area contributed by atoms with E-state index >= 15 is 0 Å². The fraction of sp³-hybridized carbons (Fsp3) is 0.292. The fourth-order valence-corrected chi connectivity index (χ4v) is 4.21. The maximum Gasteiger partial charge on any atom is 0.269 e. The maximum absolute atomic E-state index is 13.4. The molecule has 1 fully saturated rings. The number of nitro benzene ring substituents is 1. The Bertz CT molecular complexity index is 1230. The van der Waals surface area contributed by atoms with Gasteiger partial charge in [-0.25, -0.2) is 9.37 Å². The Morgan fingerprint density at radius 2 is 1.71 bits per heavy atom. The zero-order chi connectivity index (χ0) is 23.7. The molecule has 0 spiro atoms. The van der Waals surface area contributed by atoms with Gasteiger partial charge in [-0.05, 0) is 49.2 Å². The first-order valence-corrected chi connectivity index (χ1v) is 11.1. The molecule has 0 radical (unpaired) electrons. The first-order valence-electron chi connectivity index (χ1n) is 11.1. The van der Waals surface area contributed by atoms with E-state index in [1.807, 2.05) is 0 Å². The zero-order valence-electron chi connectivity index (χ0n) is 18.3. The molecule has 0 bridgehead atoms. The second kappa shape index (κ2) is 9.05. The van der Waals surface area contributed by atoms with Crippen LogP contribution in [0.3, 0.4) is 0 Å². The highest BCUT2D eigenvalue weighted by Gasteiger charge is 2.29. The van der Waals surface area contributed by atoms with Crippen molar-refractivity contribution in [3.05, 3.63) is 81.3 Å². The van der Waals surface area contributed by atoms with Crippen LogP contribution in [-0.2, 0) is 13.0 Å². The summed E-state index contributed by atoms with van der Waals surface area (Å²) in [5.74, 6) is 0.781. The molecule has 1 saturated heterocycles. The number of non-ortho nitro benzene ring substituents is 1. The number of halogens is 1. The van der Waals surface area contributed by atoms with Gasteiger partial charge in [0.25, 0.3) is 11.6 Å². The molecule has 0 saturated carbocycles. The molecule has 174 valence electrons. The van der Waals surface area contributed by atoms with Crippen LogP contribution in [0.1, 0.15) is 34.5 Å². The summed E-state index contributed by atoms with van der Waals surface area (Å²) in [6, 6.07) is 11.2. The van der Waals surface area contributed by atoms with Gasteiger partial charge in [0.15, 0.2) is 0 Å². The van der Waals surface area contributed by atoms with Crippen molar-refractivity contribution in [2.75, 3.05) is 24.5 Å². The molecule has 1 amide bonds. The van der Waals surface area contributed by atoms with Crippen LogP contribution >= 0.6 is 0 Å². The van der Waals surface area contributed by atoms with E-state index in [0.29, 0.717) is 41.7 Å². The Hall–Kier alpha value is -4.08. The van der Waals surface area contributed by atoms with Crippen molar-refractivity contribution in [1.82, 2.24) is 14.9 Å². The van der Waals surface area contributed by atoms with Gasteiger partial charge in [0.05, 0.1) is 22.7 Å². The molecule has 3 aromatic rings. The molecule has 0 aliphatic carbocycles. The van der Waals surface area contributed by atoms with Gasteiger partial charge in [-0.1, -0.05) is 0 Å². The SMILES string of the molecule is O=C(c1ccc([N+](=O)[O-])cc1)N1CCc2nc(N3CCCC3)nc(Oc3ccc(F)cc3)c2C1. The lowest BCUT2D eigenvalue weighted by atomic mass is 10.0. The normalized spacial score (nSPS) is 15.2. The number of hydrogen-bond acceptors (Lipinski definition) is 7. The summed E-state index contributed by atoms with van der Waals surface area (Å²) in [5, 5.41) is 10.9. The van der Waals surface area contributed by atoms with Crippen molar-refractivity contribution < 1.29 is 18.8 Å². The van der Waals surface area contributed by atoms with Crippen molar-refractivity contribution in [3.8, 4) is 11.6 Å². The summed E-state index contributed by atoms with van der Waals surface area (Å²) >= 11 is 0. The molecule has 5 rings (SSSR count). The van der Waals surface area contributed by atoms with E-state index in [2.05, 4.69) is 9.88 Å².